The molecule has 0 aliphatic rings. The first-order chi connectivity index (χ1) is 8.69. The van der Waals surface area contributed by atoms with E-state index in [1.165, 1.54) is 0 Å². The van der Waals surface area contributed by atoms with E-state index in [0.717, 1.165) is 22.6 Å². The lowest BCUT2D eigenvalue weighted by Gasteiger charge is -1.97. The molecule has 18 heavy (non-hydrogen) atoms. The van der Waals surface area contributed by atoms with E-state index in [-0.39, 0.29) is 10.8 Å². The molecule has 0 saturated heterocycles. The lowest BCUT2D eigenvalue weighted by molar-refractivity contribution is 0.415. The molecule has 1 aromatic heterocycles. The Hall–Kier alpha value is -2.23. The van der Waals surface area contributed by atoms with Gasteiger partial charge in [0.25, 0.3) is 0 Å². The highest BCUT2D eigenvalue weighted by atomic mass is 32.1. The maximum Gasteiger partial charge on any atom is 0.307 e. The first-order valence-corrected chi connectivity index (χ1v) is 5.99. The topological polar surface area (TPSA) is 62.3 Å². The Morgan fingerprint density at radius 2 is 2.06 bits per heavy atom. The van der Waals surface area contributed by atoms with Gasteiger partial charge >= 0.3 is 4.87 Å². The van der Waals surface area contributed by atoms with Crippen molar-refractivity contribution in [3.05, 3.63) is 50.1 Å². The number of nitrogens with one attached hydrogen (secondary N) is 1. The Morgan fingerprint density at radius 1 is 1.33 bits per heavy atom. The van der Waals surface area contributed by atoms with Crippen LogP contribution in [0.15, 0.2) is 34.8 Å². The highest BCUT2D eigenvalue weighted by Crippen LogP contribution is 2.17. The monoisotopic (exact) mass is 261 g/mol. The molecule has 0 radical (unpaired) electrons. The van der Waals surface area contributed by atoms with Crippen molar-refractivity contribution in [2.75, 3.05) is 7.11 Å². The van der Waals surface area contributed by atoms with Crippen LogP contribution >= 0.6 is 11.3 Å². The maximum absolute atomic E-state index is 10.9. The van der Waals surface area contributed by atoms with Gasteiger partial charge in [-0.25, -0.2) is 0 Å². The Kier molecular flexibility index (Phi) is 3.67. The van der Waals surface area contributed by atoms with Crippen LogP contribution in [-0.4, -0.2) is 17.2 Å². The summed E-state index contributed by atoms with van der Waals surface area (Å²) in [5.74, 6) is 0.665. The van der Waals surface area contributed by atoms with E-state index >= 15 is 0 Å². The second kappa shape index (κ2) is 5.40. The normalized spacial score (nSPS) is 9.61. The lowest BCUT2D eigenvalue weighted by atomic mass is 10.2. The number of aromatic amines is 1. The summed E-state index contributed by atoms with van der Waals surface area (Å²) in [5, 5.41) is 9.35. The Morgan fingerprint density at radius 3 is 2.61 bits per heavy atom. The zero-order valence-electron chi connectivity index (χ0n) is 9.64. The molecule has 0 fully saturated rings. The lowest BCUT2D eigenvalue weighted by Crippen LogP contribution is -1.89. The van der Waals surface area contributed by atoms with Gasteiger partial charge in [-0.15, -0.1) is 5.73 Å². The minimum atomic E-state index is -0.287. The van der Waals surface area contributed by atoms with Crippen molar-refractivity contribution < 1.29 is 9.84 Å². The summed E-state index contributed by atoms with van der Waals surface area (Å²) in [6, 6.07) is 7.47. The predicted molar refractivity (Wildman–Crippen MR) is 72.0 cm³/mol. The van der Waals surface area contributed by atoms with Crippen LogP contribution in [0.3, 0.4) is 0 Å². The van der Waals surface area contributed by atoms with Crippen LogP contribution in [-0.2, 0) is 0 Å². The zero-order valence-corrected chi connectivity index (χ0v) is 10.5. The van der Waals surface area contributed by atoms with Gasteiger partial charge in [0.2, 0.25) is 5.88 Å². The predicted octanol–water partition coefficient (Wildman–Crippen LogP) is 2.48. The largest absolute Gasteiger partial charge is 0.497 e. The first-order valence-electron chi connectivity index (χ1n) is 5.17. The molecule has 0 atom stereocenters. The van der Waals surface area contributed by atoms with Crippen molar-refractivity contribution >= 4 is 23.5 Å². The van der Waals surface area contributed by atoms with Crippen molar-refractivity contribution in [2.24, 2.45) is 0 Å². The molecule has 0 unspecified atom stereocenters. The number of aromatic nitrogens is 1. The number of benzene rings is 1. The molecule has 0 saturated carbocycles. The number of hydrogen-bond acceptors (Lipinski definition) is 4. The van der Waals surface area contributed by atoms with Gasteiger partial charge < -0.3 is 9.84 Å². The fourth-order valence-corrected chi connectivity index (χ4v) is 1.97. The Balaban J connectivity index is 2.19. The SMILES string of the molecule is COc1ccc(C=C=Cc2sc(=O)[nH]c2O)cc1. The molecule has 1 heterocycles. The van der Waals surface area contributed by atoms with E-state index in [2.05, 4.69) is 10.7 Å². The fourth-order valence-electron chi connectivity index (χ4n) is 1.34. The molecule has 0 aliphatic heterocycles. The number of hydrogen-bond donors (Lipinski definition) is 2. The molecule has 0 spiro atoms. The van der Waals surface area contributed by atoms with Crippen molar-refractivity contribution in [3.63, 3.8) is 0 Å². The summed E-state index contributed by atoms with van der Waals surface area (Å²) in [4.78, 5) is 13.4. The number of thiazole rings is 1. The van der Waals surface area contributed by atoms with Gasteiger partial charge in [-0.2, -0.15) is 0 Å². The standard InChI is InChI=1S/C13H11NO3S/c1-17-10-7-5-9(6-8-10)3-2-4-11-12(15)14-13(16)18-11/h3-8,15H,1H3,(H,14,16). The van der Waals surface area contributed by atoms with Crippen molar-refractivity contribution in [1.82, 2.24) is 4.98 Å². The van der Waals surface area contributed by atoms with E-state index in [1.54, 1.807) is 19.3 Å². The molecular formula is C13H11NO3S. The average Bonchev–Trinajstić information content (AvgIpc) is 2.69. The maximum atomic E-state index is 10.9. The summed E-state index contributed by atoms with van der Waals surface area (Å²) >= 11 is 0.936. The van der Waals surface area contributed by atoms with Crippen LogP contribution < -0.4 is 9.61 Å². The zero-order chi connectivity index (χ0) is 13.0. The van der Waals surface area contributed by atoms with Gasteiger partial charge in [0, 0.05) is 6.08 Å². The number of ether oxygens (including phenoxy) is 1. The summed E-state index contributed by atoms with van der Waals surface area (Å²) < 4.78 is 5.05. The van der Waals surface area contributed by atoms with Gasteiger partial charge in [0.15, 0.2) is 0 Å². The third-order valence-electron chi connectivity index (χ3n) is 2.24. The molecular weight excluding hydrogens is 250 g/mol. The van der Waals surface area contributed by atoms with Gasteiger partial charge in [0.1, 0.15) is 10.6 Å². The summed E-state index contributed by atoms with van der Waals surface area (Å²) in [5.41, 5.74) is 3.86. The molecule has 2 N–H and O–H groups in total. The molecule has 4 nitrogen and oxygen atoms in total. The smallest absolute Gasteiger partial charge is 0.307 e. The van der Waals surface area contributed by atoms with Crippen molar-refractivity contribution in [2.45, 2.75) is 0 Å². The average molecular weight is 261 g/mol. The van der Waals surface area contributed by atoms with E-state index in [4.69, 9.17) is 4.74 Å². The van der Waals surface area contributed by atoms with Crippen LogP contribution in [0, 0.1) is 0 Å². The number of methoxy groups -OCH3 is 1. The first kappa shape index (κ1) is 12.2. The molecule has 0 bridgehead atoms. The summed E-state index contributed by atoms with van der Waals surface area (Å²) in [6.45, 7) is 0. The molecule has 92 valence electrons. The Labute approximate surface area is 107 Å². The molecule has 5 heteroatoms. The highest BCUT2D eigenvalue weighted by Gasteiger charge is 2.01. The van der Waals surface area contributed by atoms with Crippen LogP contribution in [0.4, 0.5) is 0 Å². The van der Waals surface area contributed by atoms with Crippen LogP contribution in [0.25, 0.3) is 12.2 Å². The van der Waals surface area contributed by atoms with Crippen molar-refractivity contribution in [1.29, 1.82) is 0 Å². The summed E-state index contributed by atoms with van der Waals surface area (Å²) in [7, 11) is 1.61. The highest BCUT2D eigenvalue weighted by molar-refractivity contribution is 7.10. The Bertz CT molecular complexity index is 646. The minimum Gasteiger partial charge on any atom is -0.497 e. The third kappa shape index (κ3) is 2.91. The fraction of sp³-hybridized carbons (Fsp3) is 0.0769. The van der Waals surface area contributed by atoms with Crippen LogP contribution in [0.5, 0.6) is 11.6 Å². The molecule has 0 aliphatic carbocycles. The van der Waals surface area contributed by atoms with E-state index in [1.807, 2.05) is 24.3 Å². The quantitative estimate of drug-likeness (QED) is 0.834. The third-order valence-corrected chi connectivity index (χ3v) is 3.06. The van der Waals surface area contributed by atoms with Crippen molar-refractivity contribution in [3.8, 4) is 11.6 Å². The second-order valence-corrected chi connectivity index (χ2v) is 4.47. The second-order valence-electron chi connectivity index (χ2n) is 3.46. The van der Waals surface area contributed by atoms with E-state index in [9.17, 15) is 9.90 Å². The number of rotatable bonds is 3. The molecule has 0 amide bonds. The minimum absolute atomic E-state index is 0.124. The van der Waals surface area contributed by atoms with Crippen LogP contribution in [0.2, 0.25) is 0 Å². The van der Waals surface area contributed by atoms with Gasteiger partial charge in [-0.1, -0.05) is 23.5 Å². The number of aromatic hydroxyl groups is 1. The van der Waals surface area contributed by atoms with Gasteiger partial charge in [0.05, 0.1) is 7.11 Å². The summed E-state index contributed by atoms with van der Waals surface area (Å²) in [6.07, 6.45) is 3.31. The molecule has 2 rings (SSSR count). The van der Waals surface area contributed by atoms with E-state index in [0.29, 0.717) is 4.88 Å². The van der Waals surface area contributed by atoms with Gasteiger partial charge in [-0.3, -0.25) is 9.78 Å². The van der Waals surface area contributed by atoms with Gasteiger partial charge in [-0.05, 0) is 23.8 Å². The van der Waals surface area contributed by atoms with E-state index < -0.39 is 0 Å². The molecule has 2 aromatic rings. The molecule has 1 aromatic carbocycles. The van der Waals surface area contributed by atoms with Crippen LogP contribution in [0.1, 0.15) is 10.4 Å². The number of H-pyrrole nitrogens is 1.